The van der Waals surface area contributed by atoms with Crippen molar-refractivity contribution in [2.24, 2.45) is 0 Å². The minimum absolute atomic E-state index is 0.346. The summed E-state index contributed by atoms with van der Waals surface area (Å²) in [7, 11) is 3.00. The fourth-order valence-corrected chi connectivity index (χ4v) is 4.01. The van der Waals surface area contributed by atoms with Crippen molar-refractivity contribution in [3.63, 3.8) is 0 Å². The third-order valence-electron chi connectivity index (χ3n) is 5.98. The molecule has 2 aromatic heterocycles. The number of methoxy groups -OCH3 is 2. The lowest BCUT2D eigenvalue weighted by molar-refractivity contribution is 0.262. The Bertz CT molecular complexity index is 1480. The van der Waals surface area contributed by atoms with Crippen molar-refractivity contribution >= 4 is 29.0 Å². The van der Waals surface area contributed by atoms with Crippen molar-refractivity contribution < 1.29 is 19.0 Å². The second kappa shape index (κ2) is 11.8. The van der Waals surface area contributed by atoms with Crippen LogP contribution >= 0.6 is 11.6 Å². The number of nitrogens with zero attached hydrogens (tertiary/aromatic N) is 3. The van der Waals surface area contributed by atoms with Gasteiger partial charge >= 0.3 is 6.03 Å². The normalized spacial score (nSPS) is 10.6. The topological polar surface area (TPSA) is 107 Å². The van der Waals surface area contributed by atoms with E-state index in [0.717, 1.165) is 34.6 Å². The Labute approximate surface area is 226 Å². The molecule has 9 nitrogen and oxygen atoms in total. The SMILES string of the molecule is CCc1nccc(-c2cccnc2Oc2ccc(NC(=O)Nc3cc(Cl)c(OC)cc3OC)c(C)c2C)n1. The number of anilines is 2. The zero-order valence-electron chi connectivity index (χ0n) is 21.8. The first-order chi connectivity index (χ1) is 18.3. The van der Waals surface area contributed by atoms with Gasteiger partial charge in [-0.25, -0.2) is 19.7 Å². The van der Waals surface area contributed by atoms with E-state index in [0.29, 0.717) is 39.5 Å². The number of hydrogen-bond acceptors (Lipinski definition) is 7. The number of urea groups is 1. The van der Waals surface area contributed by atoms with Crippen LogP contribution in [0.3, 0.4) is 0 Å². The number of pyridine rings is 1. The Morgan fingerprint density at radius 3 is 2.39 bits per heavy atom. The number of hydrogen-bond donors (Lipinski definition) is 2. The van der Waals surface area contributed by atoms with Crippen LogP contribution in [0.4, 0.5) is 16.2 Å². The van der Waals surface area contributed by atoms with E-state index < -0.39 is 6.03 Å². The second-order valence-corrected chi connectivity index (χ2v) is 8.70. The van der Waals surface area contributed by atoms with Gasteiger partial charge in [0.05, 0.1) is 36.2 Å². The van der Waals surface area contributed by atoms with Gasteiger partial charge < -0.3 is 24.8 Å². The molecule has 4 rings (SSSR count). The average Bonchev–Trinajstić information content (AvgIpc) is 2.93. The molecule has 10 heteroatoms. The maximum Gasteiger partial charge on any atom is 0.323 e. The minimum Gasteiger partial charge on any atom is -0.495 e. The minimum atomic E-state index is -0.455. The highest BCUT2D eigenvalue weighted by Crippen LogP contribution is 2.37. The molecule has 196 valence electrons. The Balaban J connectivity index is 1.54. The summed E-state index contributed by atoms with van der Waals surface area (Å²) < 4.78 is 16.8. The molecule has 0 aliphatic heterocycles. The van der Waals surface area contributed by atoms with Gasteiger partial charge in [0.15, 0.2) is 0 Å². The summed E-state index contributed by atoms with van der Waals surface area (Å²) in [5.41, 5.74) is 4.21. The molecule has 0 atom stereocenters. The lowest BCUT2D eigenvalue weighted by Crippen LogP contribution is -2.20. The molecule has 0 unspecified atom stereocenters. The number of nitrogens with one attached hydrogen (secondary N) is 2. The summed E-state index contributed by atoms with van der Waals surface area (Å²) in [5, 5.41) is 5.99. The van der Waals surface area contributed by atoms with Gasteiger partial charge in [0.2, 0.25) is 5.88 Å². The summed E-state index contributed by atoms with van der Waals surface area (Å²) in [4.78, 5) is 26.1. The fraction of sp³-hybridized carbons (Fsp3) is 0.214. The predicted molar refractivity (Wildman–Crippen MR) is 148 cm³/mol. The van der Waals surface area contributed by atoms with Crippen molar-refractivity contribution in [2.75, 3.05) is 24.9 Å². The molecule has 0 spiro atoms. The van der Waals surface area contributed by atoms with Crippen molar-refractivity contribution in [3.8, 4) is 34.4 Å². The second-order valence-electron chi connectivity index (χ2n) is 8.30. The number of ether oxygens (including phenoxy) is 3. The van der Waals surface area contributed by atoms with E-state index in [2.05, 4.69) is 25.6 Å². The first-order valence-electron chi connectivity index (χ1n) is 11.9. The first kappa shape index (κ1) is 26.7. The molecule has 0 radical (unpaired) electrons. The average molecular weight is 534 g/mol. The van der Waals surface area contributed by atoms with Gasteiger partial charge in [-0.3, -0.25) is 0 Å². The van der Waals surface area contributed by atoms with Gasteiger partial charge in [0.1, 0.15) is 23.1 Å². The van der Waals surface area contributed by atoms with Crippen LogP contribution in [0.15, 0.2) is 54.9 Å². The van der Waals surface area contributed by atoms with E-state index in [9.17, 15) is 4.79 Å². The van der Waals surface area contributed by atoms with Crippen molar-refractivity contribution in [1.29, 1.82) is 0 Å². The molecule has 0 aliphatic carbocycles. The zero-order chi connectivity index (χ0) is 27.2. The number of amides is 2. The Morgan fingerprint density at radius 1 is 0.895 bits per heavy atom. The van der Waals surface area contributed by atoms with Crippen LogP contribution in [-0.2, 0) is 6.42 Å². The van der Waals surface area contributed by atoms with Gasteiger partial charge in [0.25, 0.3) is 0 Å². The molecule has 4 aromatic rings. The molecule has 2 aromatic carbocycles. The van der Waals surface area contributed by atoms with E-state index in [1.54, 1.807) is 36.7 Å². The number of rotatable bonds is 8. The van der Waals surface area contributed by atoms with E-state index >= 15 is 0 Å². The third kappa shape index (κ3) is 5.78. The smallest absolute Gasteiger partial charge is 0.323 e. The summed E-state index contributed by atoms with van der Waals surface area (Å²) in [6, 6.07) is 11.9. The molecule has 0 saturated heterocycles. The predicted octanol–water partition coefficient (Wildman–Crippen LogP) is 6.82. The van der Waals surface area contributed by atoms with Gasteiger partial charge in [-0.2, -0.15) is 0 Å². The number of carbonyl (C=O) groups excluding carboxylic acids is 1. The number of aromatic nitrogens is 3. The highest BCUT2D eigenvalue weighted by atomic mass is 35.5. The van der Waals surface area contributed by atoms with E-state index in [1.165, 1.54) is 14.2 Å². The Hall–Kier alpha value is -4.37. The number of halogens is 1. The monoisotopic (exact) mass is 533 g/mol. The maximum absolute atomic E-state index is 12.8. The molecular formula is C28H28ClN5O4. The van der Waals surface area contributed by atoms with E-state index in [-0.39, 0.29) is 0 Å². The quantitative estimate of drug-likeness (QED) is 0.256. The van der Waals surface area contributed by atoms with Crippen LogP contribution in [0.25, 0.3) is 11.3 Å². The lowest BCUT2D eigenvalue weighted by atomic mass is 10.1. The van der Waals surface area contributed by atoms with Crippen molar-refractivity contribution in [1.82, 2.24) is 15.0 Å². The molecule has 2 amide bonds. The highest BCUT2D eigenvalue weighted by Gasteiger charge is 2.16. The first-order valence-corrected chi connectivity index (χ1v) is 12.3. The highest BCUT2D eigenvalue weighted by molar-refractivity contribution is 6.32. The maximum atomic E-state index is 12.8. The van der Waals surface area contributed by atoms with Gasteiger partial charge in [-0.15, -0.1) is 0 Å². The molecule has 0 bridgehead atoms. The summed E-state index contributed by atoms with van der Waals surface area (Å²) in [6.07, 6.45) is 4.13. The van der Waals surface area contributed by atoms with E-state index in [1.807, 2.05) is 39.0 Å². The number of benzene rings is 2. The summed E-state index contributed by atoms with van der Waals surface area (Å²) in [6.45, 7) is 5.83. The molecule has 0 saturated carbocycles. The van der Waals surface area contributed by atoms with Gasteiger partial charge in [-0.05, 0) is 61.4 Å². The standard InChI is InChI=1S/C28H28ClN5O4/c1-6-26-30-13-11-21(32-26)18-8-7-12-31-27(18)38-23-10-9-20(16(2)17(23)3)33-28(35)34-22-14-19(29)24(36-4)15-25(22)37-5/h7-15H,6H2,1-5H3,(H2,33,34,35). The largest absolute Gasteiger partial charge is 0.495 e. The van der Waals surface area contributed by atoms with Crippen LogP contribution in [0, 0.1) is 13.8 Å². The summed E-state index contributed by atoms with van der Waals surface area (Å²) in [5.74, 6) is 2.64. The lowest BCUT2D eigenvalue weighted by Gasteiger charge is -2.17. The molecular weight excluding hydrogens is 506 g/mol. The van der Waals surface area contributed by atoms with Gasteiger partial charge in [0, 0.05) is 30.6 Å². The van der Waals surface area contributed by atoms with Crippen molar-refractivity contribution in [2.45, 2.75) is 27.2 Å². The molecule has 2 N–H and O–H groups in total. The van der Waals surface area contributed by atoms with Crippen LogP contribution in [-0.4, -0.2) is 35.2 Å². The van der Waals surface area contributed by atoms with Crippen LogP contribution in [0.1, 0.15) is 23.9 Å². The van der Waals surface area contributed by atoms with Crippen LogP contribution in [0.5, 0.6) is 23.1 Å². The molecule has 0 fully saturated rings. The van der Waals surface area contributed by atoms with Gasteiger partial charge in [-0.1, -0.05) is 18.5 Å². The zero-order valence-corrected chi connectivity index (χ0v) is 22.5. The Morgan fingerprint density at radius 2 is 1.66 bits per heavy atom. The van der Waals surface area contributed by atoms with Crippen LogP contribution < -0.4 is 24.8 Å². The van der Waals surface area contributed by atoms with E-state index in [4.69, 9.17) is 25.8 Å². The number of carbonyl (C=O) groups is 1. The van der Waals surface area contributed by atoms with Crippen molar-refractivity contribution in [3.05, 3.63) is 76.8 Å². The molecule has 38 heavy (non-hydrogen) atoms. The molecule has 0 aliphatic rings. The third-order valence-corrected chi connectivity index (χ3v) is 6.28. The number of aryl methyl sites for hydroxylation is 1. The summed E-state index contributed by atoms with van der Waals surface area (Å²) >= 11 is 6.22. The van der Waals surface area contributed by atoms with Crippen LogP contribution in [0.2, 0.25) is 5.02 Å². The fourth-order valence-electron chi connectivity index (χ4n) is 3.77. The Kier molecular flexibility index (Phi) is 8.28. The molecule has 2 heterocycles.